The average Bonchev–Trinajstić information content (AvgIpc) is 2.83. The number of primary amides is 1. The summed E-state index contributed by atoms with van der Waals surface area (Å²) in [6.45, 7) is 0. The minimum atomic E-state index is -0.799. The fourth-order valence-corrected chi connectivity index (χ4v) is 4.53. The third-order valence-electron chi connectivity index (χ3n) is 6.15. The molecule has 0 fully saturated rings. The fourth-order valence-electron chi connectivity index (χ4n) is 4.53. The molecule has 0 unspecified atom stereocenters. The van der Waals surface area contributed by atoms with Gasteiger partial charge in [-0.05, 0) is 49.5 Å². The second kappa shape index (κ2) is 8.75. The van der Waals surface area contributed by atoms with Crippen LogP contribution >= 0.6 is 0 Å². The maximum absolute atomic E-state index is 12.9. The molecular formula is C29H24N2O2. The molecule has 0 aliphatic carbocycles. The number of hydrogen-bond acceptors (Lipinski definition) is 2. The first-order chi connectivity index (χ1) is 16.1. The largest absolute Gasteiger partial charge is 0.368 e. The van der Waals surface area contributed by atoms with Gasteiger partial charge in [0.15, 0.2) is 0 Å². The van der Waals surface area contributed by atoms with Crippen LogP contribution in [-0.4, -0.2) is 17.9 Å². The SMILES string of the molecule is NC(=O)[C@H](Cc1c2ccccc2cc2ccccc12)NC(=O)Cc1ccc2ccccc2c1. The molecule has 4 nitrogen and oxygen atoms in total. The van der Waals surface area contributed by atoms with Crippen LogP contribution in [0.25, 0.3) is 32.3 Å². The van der Waals surface area contributed by atoms with Gasteiger partial charge in [-0.15, -0.1) is 0 Å². The number of rotatable bonds is 6. The summed E-state index contributed by atoms with van der Waals surface area (Å²) in [4.78, 5) is 25.2. The maximum Gasteiger partial charge on any atom is 0.240 e. The second-order valence-electron chi connectivity index (χ2n) is 8.38. The normalized spacial score (nSPS) is 12.1. The van der Waals surface area contributed by atoms with Crippen LogP contribution in [0.5, 0.6) is 0 Å². The van der Waals surface area contributed by atoms with E-state index in [2.05, 4.69) is 23.5 Å². The highest BCUT2D eigenvalue weighted by atomic mass is 16.2. The van der Waals surface area contributed by atoms with E-state index in [4.69, 9.17) is 5.73 Å². The zero-order valence-electron chi connectivity index (χ0n) is 18.1. The van der Waals surface area contributed by atoms with Crippen LogP contribution in [0.2, 0.25) is 0 Å². The number of carbonyl (C=O) groups excluding carboxylic acids is 2. The Labute approximate surface area is 192 Å². The molecule has 0 spiro atoms. The Morgan fingerprint density at radius 2 is 1.27 bits per heavy atom. The van der Waals surface area contributed by atoms with Crippen LogP contribution in [0.4, 0.5) is 0 Å². The van der Waals surface area contributed by atoms with Crippen LogP contribution in [0.1, 0.15) is 11.1 Å². The first kappa shape index (κ1) is 20.7. The Morgan fingerprint density at radius 1 is 0.697 bits per heavy atom. The molecule has 33 heavy (non-hydrogen) atoms. The number of carbonyl (C=O) groups is 2. The summed E-state index contributed by atoms with van der Waals surface area (Å²) in [7, 11) is 0. The number of amides is 2. The summed E-state index contributed by atoms with van der Waals surface area (Å²) in [6, 6.07) is 31.5. The van der Waals surface area contributed by atoms with E-state index in [1.165, 1.54) is 0 Å². The molecule has 1 atom stereocenters. The molecule has 5 rings (SSSR count). The zero-order chi connectivity index (χ0) is 22.8. The lowest BCUT2D eigenvalue weighted by Crippen LogP contribution is -2.46. The number of nitrogens with two attached hydrogens (primary N) is 1. The lowest BCUT2D eigenvalue weighted by Gasteiger charge is -2.19. The minimum Gasteiger partial charge on any atom is -0.368 e. The van der Waals surface area contributed by atoms with Crippen molar-refractivity contribution in [1.82, 2.24) is 5.32 Å². The quantitative estimate of drug-likeness (QED) is 0.375. The molecule has 5 aromatic carbocycles. The van der Waals surface area contributed by atoms with Crippen molar-refractivity contribution >= 4 is 44.1 Å². The van der Waals surface area contributed by atoms with Gasteiger partial charge in [-0.25, -0.2) is 0 Å². The Morgan fingerprint density at radius 3 is 1.91 bits per heavy atom. The Kier molecular flexibility index (Phi) is 5.49. The van der Waals surface area contributed by atoms with E-state index in [9.17, 15) is 9.59 Å². The number of hydrogen-bond donors (Lipinski definition) is 2. The molecule has 0 saturated carbocycles. The smallest absolute Gasteiger partial charge is 0.240 e. The van der Waals surface area contributed by atoms with Gasteiger partial charge in [0.1, 0.15) is 6.04 Å². The van der Waals surface area contributed by atoms with Crippen molar-refractivity contribution in [2.75, 3.05) is 0 Å². The summed E-state index contributed by atoms with van der Waals surface area (Å²) in [5.74, 6) is -0.766. The van der Waals surface area contributed by atoms with E-state index in [0.717, 1.165) is 43.4 Å². The predicted octanol–water partition coefficient (Wildman–Crippen LogP) is 4.90. The van der Waals surface area contributed by atoms with Gasteiger partial charge < -0.3 is 11.1 Å². The molecule has 0 saturated heterocycles. The van der Waals surface area contributed by atoms with Gasteiger partial charge in [-0.2, -0.15) is 0 Å². The Bertz CT molecular complexity index is 1450. The van der Waals surface area contributed by atoms with E-state index in [1.54, 1.807) is 0 Å². The molecular weight excluding hydrogens is 408 g/mol. The molecule has 0 aliphatic heterocycles. The topological polar surface area (TPSA) is 72.2 Å². The Balaban J connectivity index is 1.43. The summed E-state index contributed by atoms with van der Waals surface area (Å²) in [6.07, 6.45) is 0.519. The van der Waals surface area contributed by atoms with E-state index < -0.39 is 11.9 Å². The molecule has 0 radical (unpaired) electrons. The molecule has 0 heterocycles. The lowest BCUT2D eigenvalue weighted by atomic mass is 9.92. The first-order valence-corrected chi connectivity index (χ1v) is 11.0. The van der Waals surface area contributed by atoms with Gasteiger partial charge >= 0.3 is 0 Å². The average molecular weight is 433 g/mol. The van der Waals surface area contributed by atoms with Crippen molar-refractivity contribution in [3.8, 4) is 0 Å². The number of benzene rings is 5. The second-order valence-corrected chi connectivity index (χ2v) is 8.38. The van der Waals surface area contributed by atoms with Crippen molar-refractivity contribution < 1.29 is 9.59 Å². The summed E-state index contributed by atoms with van der Waals surface area (Å²) >= 11 is 0. The third-order valence-corrected chi connectivity index (χ3v) is 6.15. The van der Waals surface area contributed by atoms with Gasteiger partial charge in [0.05, 0.1) is 6.42 Å². The monoisotopic (exact) mass is 432 g/mol. The first-order valence-electron chi connectivity index (χ1n) is 11.0. The maximum atomic E-state index is 12.9. The fraction of sp³-hybridized carbons (Fsp3) is 0.103. The summed E-state index contributed by atoms with van der Waals surface area (Å²) in [5.41, 5.74) is 7.64. The van der Waals surface area contributed by atoms with Crippen LogP contribution in [-0.2, 0) is 22.4 Å². The highest BCUT2D eigenvalue weighted by molar-refractivity contribution is 6.03. The molecule has 2 amide bonds. The molecule has 162 valence electrons. The van der Waals surface area contributed by atoms with Gasteiger partial charge in [0.25, 0.3) is 0 Å². The van der Waals surface area contributed by atoms with E-state index >= 15 is 0 Å². The lowest BCUT2D eigenvalue weighted by molar-refractivity contribution is -0.126. The van der Waals surface area contributed by atoms with Crippen molar-refractivity contribution in [3.05, 3.63) is 108 Å². The van der Waals surface area contributed by atoms with Crippen LogP contribution in [0.3, 0.4) is 0 Å². The molecule has 0 aliphatic rings. The summed E-state index contributed by atoms with van der Waals surface area (Å²) < 4.78 is 0. The zero-order valence-corrected chi connectivity index (χ0v) is 18.1. The molecule has 0 bridgehead atoms. The van der Waals surface area contributed by atoms with E-state index in [1.807, 2.05) is 78.9 Å². The molecule has 3 N–H and O–H groups in total. The van der Waals surface area contributed by atoms with Crippen molar-refractivity contribution in [2.24, 2.45) is 5.73 Å². The molecule has 0 aromatic heterocycles. The van der Waals surface area contributed by atoms with Crippen molar-refractivity contribution in [1.29, 1.82) is 0 Å². The van der Waals surface area contributed by atoms with Crippen LogP contribution in [0.15, 0.2) is 97.1 Å². The summed E-state index contributed by atoms with van der Waals surface area (Å²) in [5, 5.41) is 9.39. The number of fused-ring (bicyclic) bond motifs is 3. The highest BCUT2D eigenvalue weighted by Crippen LogP contribution is 2.29. The van der Waals surface area contributed by atoms with Crippen molar-refractivity contribution in [3.63, 3.8) is 0 Å². The van der Waals surface area contributed by atoms with Gasteiger partial charge in [0.2, 0.25) is 11.8 Å². The predicted molar refractivity (Wildman–Crippen MR) is 134 cm³/mol. The van der Waals surface area contributed by atoms with E-state index in [-0.39, 0.29) is 12.3 Å². The molecule has 5 aromatic rings. The number of nitrogens with one attached hydrogen (secondary N) is 1. The van der Waals surface area contributed by atoms with Crippen LogP contribution in [0, 0.1) is 0 Å². The van der Waals surface area contributed by atoms with E-state index in [0.29, 0.717) is 6.42 Å². The van der Waals surface area contributed by atoms with Crippen molar-refractivity contribution in [2.45, 2.75) is 18.9 Å². The third kappa shape index (κ3) is 4.28. The van der Waals surface area contributed by atoms with Gasteiger partial charge in [0, 0.05) is 6.42 Å². The Hall–Kier alpha value is -4.18. The minimum absolute atomic E-state index is 0.185. The highest BCUT2D eigenvalue weighted by Gasteiger charge is 2.21. The standard InChI is InChI=1S/C29H24N2O2/c30-29(33)27(31-28(32)16-19-13-14-20-7-1-2-8-21(20)15-19)18-26-24-11-5-3-9-22(24)17-23-10-4-6-12-25(23)26/h1-15,17,27H,16,18H2,(H2,30,33)(H,31,32)/t27-/m0/s1. The van der Waals surface area contributed by atoms with Gasteiger partial charge in [-0.3, -0.25) is 9.59 Å². The molecule has 4 heteroatoms. The van der Waals surface area contributed by atoms with Gasteiger partial charge in [-0.1, -0.05) is 91.0 Å². The van der Waals surface area contributed by atoms with Crippen LogP contribution < -0.4 is 11.1 Å².